The van der Waals surface area contributed by atoms with E-state index in [9.17, 15) is 4.79 Å². The first kappa shape index (κ1) is 17.5. The van der Waals surface area contributed by atoms with Crippen LogP contribution in [-0.2, 0) is 0 Å². The fourth-order valence-corrected chi connectivity index (χ4v) is 3.68. The van der Waals surface area contributed by atoms with Crippen molar-refractivity contribution in [2.24, 2.45) is 0 Å². The summed E-state index contributed by atoms with van der Waals surface area (Å²) < 4.78 is 3.30. The number of aromatic nitrogens is 4. The van der Waals surface area contributed by atoms with Gasteiger partial charge in [0, 0.05) is 34.1 Å². The fourth-order valence-electron chi connectivity index (χ4n) is 3.55. The van der Waals surface area contributed by atoms with Crippen molar-refractivity contribution >= 4 is 33.8 Å². The number of fused-ring (bicyclic) bond motifs is 2. The SMILES string of the molecule is Cc1ccc2c(N)c(-c3ccc4ccnn4c3)c(=O)n(-c3ccc(Cl)cc3)c2n1. The minimum atomic E-state index is -0.248. The molecule has 29 heavy (non-hydrogen) atoms. The van der Waals surface area contributed by atoms with Gasteiger partial charge in [-0.05, 0) is 55.5 Å². The third-order valence-corrected chi connectivity index (χ3v) is 5.22. The lowest BCUT2D eigenvalue weighted by Crippen LogP contribution is -2.23. The molecule has 0 spiro atoms. The number of nitrogen functional groups attached to an aromatic ring is 1. The number of pyridine rings is 3. The summed E-state index contributed by atoms with van der Waals surface area (Å²) in [6.45, 7) is 1.88. The van der Waals surface area contributed by atoms with Gasteiger partial charge in [0.25, 0.3) is 5.56 Å². The standard InChI is InChI=1S/C22H16ClN5O/c1-13-2-9-18-20(24)19(14-3-6-16-10-11-25-27(16)12-14)22(29)28(21(18)26-13)17-7-4-15(23)5-8-17/h2-12H,24H2,1H3. The van der Waals surface area contributed by atoms with Crippen LogP contribution in [0.2, 0.25) is 5.02 Å². The molecule has 5 aromatic rings. The van der Waals surface area contributed by atoms with Gasteiger partial charge >= 0.3 is 0 Å². The molecule has 0 unspecified atom stereocenters. The van der Waals surface area contributed by atoms with Crippen molar-refractivity contribution in [3.63, 3.8) is 0 Å². The lowest BCUT2D eigenvalue weighted by molar-refractivity contribution is 0.960. The maximum atomic E-state index is 13.7. The largest absolute Gasteiger partial charge is 0.397 e. The van der Waals surface area contributed by atoms with E-state index in [0.717, 1.165) is 11.2 Å². The van der Waals surface area contributed by atoms with Crippen molar-refractivity contribution in [2.45, 2.75) is 6.92 Å². The number of nitrogens with zero attached hydrogens (tertiary/aromatic N) is 4. The minimum Gasteiger partial charge on any atom is -0.397 e. The van der Waals surface area contributed by atoms with E-state index >= 15 is 0 Å². The van der Waals surface area contributed by atoms with Crippen LogP contribution in [0.4, 0.5) is 5.69 Å². The Balaban J connectivity index is 1.91. The zero-order chi connectivity index (χ0) is 20.1. The van der Waals surface area contributed by atoms with Gasteiger partial charge in [-0.2, -0.15) is 5.10 Å². The van der Waals surface area contributed by atoms with Gasteiger partial charge in [-0.15, -0.1) is 0 Å². The Labute approximate surface area is 170 Å². The van der Waals surface area contributed by atoms with Gasteiger partial charge in [0.05, 0.1) is 22.5 Å². The molecule has 5 rings (SSSR count). The Morgan fingerprint density at radius 2 is 1.79 bits per heavy atom. The molecular formula is C22H16ClN5O. The van der Waals surface area contributed by atoms with E-state index in [1.54, 1.807) is 39.5 Å². The van der Waals surface area contributed by atoms with Crippen LogP contribution in [0.3, 0.4) is 0 Å². The van der Waals surface area contributed by atoms with Gasteiger partial charge < -0.3 is 5.73 Å². The second kappa shape index (κ2) is 6.46. The van der Waals surface area contributed by atoms with E-state index in [-0.39, 0.29) is 5.56 Å². The van der Waals surface area contributed by atoms with Gasteiger partial charge in [-0.25, -0.2) is 9.50 Å². The lowest BCUT2D eigenvalue weighted by Gasteiger charge is -2.16. The Hall–Kier alpha value is -3.64. The van der Waals surface area contributed by atoms with Crippen molar-refractivity contribution in [1.29, 1.82) is 0 Å². The smallest absolute Gasteiger partial charge is 0.266 e. The Morgan fingerprint density at radius 1 is 1.00 bits per heavy atom. The summed E-state index contributed by atoms with van der Waals surface area (Å²) >= 11 is 6.05. The quantitative estimate of drug-likeness (QED) is 0.479. The first-order valence-electron chi connectivity index (χ1n) is 9.04. The molecule has 0 aliphatic rings. The fraction of sp³-hybridized carbons (Fsp3) is 0.0455. The Morgan fingerprint density at radius 3 is 2.59 bits per heavy atom. The molecule has 6 nitrogen and oxygen atoms in total. The molecule has 0 aliphatic carbocycles. The molecule has 0 radical (unpaired) electrons. The highest BCUT2D eigenvalue weighted by Crippen LogP contribution is 2.30. The second-order valence-corrected chi connectivity index (χ2v) is 7.28. The third-order valence-electron chi connectivity index (χ3n) is 4.97. The lowest BCUT2D eigenvalue weighted by atomic mass is 10.0. The van der Waals surface area contributed by atoms with E-state index in [1.165, 1.54) is 0 Å². The van der Waals surface area contributed by atoms with Gasteiger partial charge in [-0.1, -0.05) is 17.7 Å². The summed E-state index contributed by atoms with van der Waals surface area (Å²) in [5.74, 6) is 0. The molecule has 4 heterocycles. The van der Waals surface area contributed by atoms with Crippen LogP contribution in [0.15, 0.2) is 71.8 Å². The molecule has 142 valence electrons. The van der Waals surface area contributed by atoms with E-state index in [0.29, 0.717) is 38.6 Å². The summed E-state index contributed by atoms with van der Waals surface area (Å²) in [5.41, 5.74) is 10.7. The molecular weight excluding hydrogens is 386 g/mol. The van der Waals surface area contributed by atoms with Crippen LogP contribution < -0.4 is 11.3 Å². The molecule has 0 amide bonds. The maximum Gasteiger partial charge on any atom is 0.266 e. The molecule has 0 saturated heterocycles. The summed E-state index contributed by atoms with van der Waals surface area (Å²) in [4.78, 5) is 18.3. The highest BCUT2D eigenvalue weighted by molar-refractivity contribution is 6.30. The molecule has 0 atom stereocenters. The number of halogens is 1. The highest BCUT2D eigenvalue weighted by atomic mass is 35.5. The highest BCUT2D eigenvalue weighted by Gasteiger charge is 2.19. The maximum absolute atomic E-state index is 13.7. The van der Waals surface area contributed by atoms with Gasteiger partial charge in [0.1, 0.15) is 5.65 Å². The van der Waals surface area contributed by atoms with E-state index < -0.39 is 0 Å². The predicted octanol–water partition coefficient (Wildman–Crippen LogP) is 4.24. The number of anilines is 1. The van der Waals surface area contributed by atoms with Crippen molar-refractivity contribution in [1.82, 2.24) is 19.2 Å². The summed E-state index contributed by atoms with van der Waals surface area (Å²) in [5, 5.41) is 5.57. The minimum absolute atomic E-state index is 0.248. The number of benzene rings is 1. The van der Waals surface area contributed by atoms with Gasteiger partial charge in [-0.3, -0.25) is 9.36 Å². The van der Waals surface area contributed by atoms with Gasteiger partial charge in [0.2, 0.25) is 0 Å². The van der Waals surface area contributed by atoms with Crippen LogP contribution in [0, 0.1) is 6.92 Å². The van der Waals surface area contributed by atoms with Crippen LogP contribution in [0.1, 0.15) is 5.69 Å². The summed E-state index contributed by atoms with van der Waals surface area (Å²) in [7, 11) is 0. The van der Waals surface area contributed by atoms with Crippen LogP contribution in [-0.4, -0.2) is 19.2 Å². The zero-order valence-electron chi connectivity index (χ0n) is 15.5. The number of hydrogen-bond acceptors (Lipinski definition) is 4. The molecule has 7 heteroatoms. The number of aryl methyl sites for hydroxylation is 1. The van der Waals surface area contributed by atoms with Crippen molar-refractivity contribution in [3.05, 3.63) is 88.1 Å². The normalized spacial score (nSPS) is 11.4. The second-order valence-electron chi connectivity index (χ2n) is 6.85. The van der Waals surface area contributed by atoms with Crippen LogP contribution >= 0.6 is 11.6 Å². The Kier molecular flexibility index (Phi) is 3.89. The zero-order valence-corrected chi connectivity index (χ0v) is 16.3. The topological polar surface area (TPSA) is 78.2 Å². The van der Waals surface area contributed by atoms with Crippen LogP contribution in [0.25, 0.3) is 33.4 Å². The summed E-state index contributed by atoms with van der Waals surface area (Å²) in [6.07, 6.45) is 3.52. The molecule has 0 aliphatic heterocycles. The molecule has 2 N–H and O–H groups in total. The van der Waals surface area contributed by atoms with E-state index in [4.69, 9.17) is 17.3 Å². The van der Waals surface area contributed by atoms with E-state index in [2.05, 4.69) is 10.1 Å². The molecule has 0 bridgehead atoms. The van der Waals surface area contributed by atoms with Crippen molar-refractivity contribution in [2.75, 3.05) is 5.73 Å². The molecule has 0 fully saturated rings. The molecule has 1 aromatic carbocycles. The first-order valence-corrected chi connectivity index (χ1v) is 9.42. The predicted molar refractivity (Wildman–Crippen MR) is 116 cm³/mol. The van der Waals surface area contributed by atoms with E-state index in [1.807, 2.05) is 43.5 Å². The third kappa shape index (κ3) is 2.77. The average molecular weight is 402 g/mol. The Bertz CT molecular complexity index is 1450. The van der Waals surface area contributed by atoms with Crippen molar-refractivity contribution in [3.8, 4) is 16.8 Å². The number of nitrogens with two attached hydrogens (primary N) is 1. The van der Waals surface area contributed by atoms with Gasteiger partial charge in [0.15, 0.2) is 0 Å². The molecule has 0 saturated carbocycles. The first-order chi connectivity index (χ1) is 14.0. The monoisotopic (exact) mass is 401 g/mol. The molecule has 4 aromatic heterocycles. The number of rotatable bonds is 2. The van der Waals surface area contributed by atoms with Crippen LogP contribution in [0.5, 0.6) is 0 Å². The average Bonchev–Trinajstić information content (AvgIpc) is 3.17. The summed E-state index contributed by atoms with van der Waals surface area (Å²) in [6, 6.07) is 16.5. The number of hydrogen-bond donors (Lipinski definition) is 1. The van der Waals surface area contributed by atoms with Crippen molar-refractivity contribution < 1.29 is 0 Å².